The molecular weight excluding hydrogens is 192 g/mol. The van der Waals surface area contributed by atoms with Gasteiger partial charge in [0.1, 0.15) is 0 Å². The van der Waals surface area contributed by atoms with E-state index in [4.69, 9.17) is 5.73 Å². The number of hydrogen-bond acceptors (Lipinski definition) is 3. The fourth-order valence-corrected chi connectivity index (χ4v) is 1.47. The van der Waals surface area contributed by atoms with Gasteiger partial charge in [-0.05, 0) is 13.3 Å². The number of nitrogens with zero attached hydrogens (tertiary/aromatic N) is 2. The number of rotatable bonds is 2. The first-order valence-corrected chi connectivity index (χ1v) is 4.99. The molecule has 2 rings (SSSR count). The van der Waals surface area contributed by atoms with Crippen LogP contribution in [0.5, 0.6) is 0 Å². The third-order valence-corrected chi connectivity index (χ3v) is 2.37. The molecule has 0 bridgehead atoms. The molecule has 3 N–H and O–H groups in total. The van der Waals surface area contributed by atoms with E-state index in [9.17, 15) is 4.79 Å². The Hall–Kier alpha value is -1.62. The predicted molar refractivity (Wildman–Crippen MR) is 57.8 cm³/mol. The molecule has 5 nitrogen and oxygen atoms in total. The minimum absolute atomic E-state index is 0.119. The molecule has 0 spiro atoms. The fourth-order valence-electron chi connectivity index (χ4n) is 1.47. The summed E-state index contributed by atoms with van der Waals surface area (Å²) in [7, 11) is 0. The van der Waals surface area contributed by atoms with E-state index in [1.165, 1.54) is 10.6 Å². The lowest BCUT2D eigenvalue weighted by molar-refractivity contribution is 0.762. The molecule has 0 fully saturated rings. The maximum Gasteiger partial charge on any atom is 0.272 e. The van der Waals surface area contributed by atoms with Gasteiger partial charge in [0, 0.05) is 23.9 Å². The first-order chi connectivity index (χ1) is 7.11. The van der Waals surface area contributed by atoms with Gasteiger partial charge in [-0.1, -0.05) is 6.92 Å². The monoisotopic (exact) mass is 206 g/mol. The highest BCUT2D eigenvalue weighted by Crippen LogP contribution is 2.07. The van der Waals surface area contributed by atoms with Crippen LogP contribution in [-0.2, 0) is 6.42 Å². The number of fused-ring (bicyclic) bond motifs is 1. The van der Waals surface area contributed by atoms with Crippen LogP contribution in [0.3, 0.4) is 0 Å². The van der Waals surface area contributed by atoms with Gasteiger partial charge in [0.25, 0.3) is 5.56 Å². The van der Waals surface area contributed by atoms with Gasteiger partial charge in [-0.15, -0.1) is 0 Å². The van der Waals surface area contributed by atoms with Crippen molar-refractivity contribution in [2.45, 2.75) is 26.3 Å². The topological polar surface area (TPSA) is 76.2 Å². The second-order valence-corrected chi connectivity index (χ2v) is 3.64. The quantitative estimate of drug-likeness (QED) is 0.755. The maximum atomic E-state index is 11.7. The Morgan fingerprint density at radius 1 is 1.60 bits per heavy atom. The van der Waals surface area contributed by atoms with Crippen LogP contribution in [0.2, 0.25) is 0 Å². The van der Waals surface area contributed by atoms with Crippen LogP contribution in [0.25, 0.3) is 5.65 Å². The first-order valence-electron chi connectivity index (χ1n) is 4.99. The van der Waals surface area contributed by atoms with Crippen molar-refractivity contribution in [3.8, 4) is 0 Å². The lowest BCUT2D eigenvalue weighted by Gasteiger charge is -2.03. The molecule has 2 aromatic rings. The Morgan fingerprint density at radius 2 is 2.33 bits per heavy atom. The second kappa shape index (κ2) is 3.51. The molecular formula is C10H14N4O. The summed E-state index contributed by atoms with van der Waals surface area (Å²) in [5.41, 5.74) is 7.82. The van der Waals surface area contributed by atoms with E-state index in [0.717, 1.165) is 12.1 Å². The van der Waals surface area contributed by atoms with Crippen LogP contribution in [0.15, 0.2) is 16.9 Å². The predicted octanol–water partition coefficient (Wildman–Crippen LogP) is 0.605. The molecule has 0 amide bonds. The highest BCUT2D eigenvalue weighted by molar-refractivity contribution is 5.40. The maximum absolute atomic E-state index is 11.7. The van der Waals surface area contributed by atoms with E-state index in [2.05, 4.69) is 10.1 Å². The van der Waals surface area contributed by atoms with Gasteiger partial charge in [0.2, 0.25) is 0 Å². The van der Waals surface area contributed by atoms with Crippen molar-refractivity contribution >= 4 is 5.65 Å². The molecule has 5 heteroatoms. The largest absolute Gasteiger partial charge is 0.323 e. The molecule has 1 unspecified atom stereocenters. The fraction of sp³-hybridized carbons (Fsp3) is 0.400. The second-order valence-electron chi connectivity index (χ2n) is 3.64. The van der Waals surface area contributed by atoms with Gasteiger partial charge >= 0.3 is 0 Å². The molecule has 1 atom stereocenters. The summed E-state index contributed by atoms with van der Waals surface area (Å²) in [6.07, 6.45) is 0.844. The van der Waals surface area contributed by atoms with Crippen LogP contribution in [0.4, 0.5) is 0 Å². The molecule has 0 saturated heterocycles. The molecule has 0 aliphatic heterocycles. The van der Waals surface area contributed by atoms with Gasteiger partial charge in [0.05, 0.1) is 5.69 Å². The van der Waals surface area contributed by atoms with Crippen LogP contribution in [0.1, 0.15) is 31.3 Å². The zero-order valence-electron chi connectivity index (χ0n) is 8.82. The van der Waals surface area contributed by atoms with Crippen molar-refractivity contribution in [3.63, 3.8) is 0 Å². The zero-order chi connectivity index (χ0) is 11.0. The number of nitrogens with one attached hydrogen (secondary N) is 1. The summed E-state index contributed by atoms with van der Waals surface area (Å²) in [5.74, 6) is 0. The Labute approximate surface area is 86.9 Å². The van der Waals surface area contributed by atoms with E-state index in [0.29, 0.717) is 11.3 Å². The first kappa shape index (κ1) is 9.92. The van der Waals surface area contributed by atoms with E-state index < -0.39 is 0 Å². The number of H-pyrrole nitrogens is 1. The standard InChI is InChI=1S/C10H14N4O/c1-3-7-4-9-12-8(6(2)11)5-10(15)14(9)13-7/h4-6,13H,3,11H2,1-2H3. The summed E-state index contributed by atoms with van der Waals surface area (Å²) >= 11 is 0. The lowest BCUT2D eigenvalue weighted by atomic mass is 10.2. The lowest BCUT2D eigenvalue weighted by Crippen LogP contribution is -2.18. The normalized spacial score (nSPS) is 13.3. The van der Waals surface area contributed by atoms with Gasteiger partial charge in [-0.25, -0.2) is 9.50 Å². The van der Waals surface area contributed by atoms with Crippen LogP contribution in [0, 0.1) is 0 Å². The summed E-state index contributed by atoms with van der Waals surface area (Å²) < 4.78 is 1.44. The summed E-state index contributed by atoms with van der Waals surface area (Å²) in [6.45, 7) is 3.83. The van der Waals surface area contributed by atoms with Crippen molar-refractivity contribution in [2.75, 3.05) is 0 Å². The molecule has 0 radical (unpaired) electrons. The molecule has 0 aliphatic rings. The molecule has 2 heterocycles. The SMILES string of the molecule is CCc1cc2nc(C(C)N)cc(=O)n2[nH]1. The van der Waals surface area contributed by atoms with E-state index >= 15 is 0 Å². The zero-order valence-corrected chi connectivity index (χ0v) is 8.82. The Balaban J connectivity index is 2.70. The molecule has 2 aromatic heterocycles. The number of aromatic nitrogens is 3. The Morgan fingerprint density at radius 3 is 2.93 bits per heavy atom. The molecule has 0 saturated carbocycles. The number of hydrogen-bond donors (Lipinski definition) is 2. The minimum Gasteiger partial charge on any atom is -0.323 e. The number of aromatic amines is 1. The van der Waals surface area contributed by atoms with Gasteiger partial charge in [-0.2, -0.15) is 0 Å². The van der Waals surface area contributed by atoms with Gasteiger partial charge in [-0.3, -0.25) is 9.89 Å². The Kier molecular flexibility index (Phi) is 2.32. The third-order valence-electron chi connectivity index (χ3n) is 2.37. The van der Waals surface area contributed by atoms with E-state index in [1.54, 1.807) is 0 Å². The van der Waals surface area contributed by atoms with E-state index in [-0.39, 0.29) is 11.6 Å². The van der Waals surface area contributed by atoms with Crippen molar-refractivity contribution in [1.82, 2.24) is 14.6 Å². The van der Waals surface area contributed by atoms with Crippen molar-refractivity contribution < 1.29 is 0 Å². The highest BCUT2D eigenvalue weighted by atomic mass is 16.1. The summed E-state index contributed by atoms with van der Waals surface area (Å²) in [4.78, 5) is 16.0. The van der Waals surface area contributed by atoms with Gasteiger partial charge < -0.3 is 5.73 Å². The number of aryl methyl sites for hydroxylation is 1. The van der Waals surface area contributed by atoms with E-state index in [1.807, 2.05) is 19.9 Å². The molecule has 0 aliphatic carbocycles. The van der Waals surface area contributed by atoms with Crippen molar-refractivity contribution in [1.29, 1.82) is 0 Å². The highest BCUT2D eigenvalue weighted by Gasteiger charge is 2.07. The van der Waals surface area contributed by atoms with Crippen molar-refractivity contribution in [3.05, 3.63) is 33.9 Å². The molecule has 15 heavy (non-hydrogen) atoms. The van der Waals surface area contributed by atoms with Crippen LogP contribution >= 0.6 is 0 Å². The van der Waals surface area contributed by atoms with Gasteiger partial charge in [0.15, 0.2) is 5.65 Å². The minimum atomic E-state index is -0.220. The molecule has 0 aromatic carbocycles. The summed E-state index contributed by atoms with van der Waals surface area (Å²) in [6, 6.07) is 3.11. The van der Waals surface area contributed by atoms with Crippen LogP contribution in [-0.4, -0.2) is 14.6 Å². The summed E-state index contributed by atoms with van der Waals surface area (Å²) in [5, 5.41) is 2.98. The smallest absolute Gasteiger partial charge is 0.272 e. The number of nitrogens with two attached hydrogens (primary N) is 1. The average molecular weight is 206 g/mol. The van der Waals surface area contributed by atoms with Crippen molar-refractivity contribution in [2.24, 2.45) is 5.73 Å². The average Bonchev–Trinajstić information content (AvgIpc) is 2.61. The molecule has 80 valence electrons. The Bertz CT molecular complexity index is 538. The third kappa shape index (κ3) is 1.66. The van der Waals surface area contributed by atoms with Crippen LogP contribution < -0.4 is 11.3 Å².